The van der Waals surface area contributed by atoms with E-state index in [0.29, 0.717) is 0 Å². The molecule has 0 aromatic carbocycles. The number of hydrogen-bond acceptors (Lipinski definition) is 2. The summed E-state index contributed by atoms with van der Waals surface area (Å²) in [7, 11) is -0.996. The van der Waals surface area contributed by atoms with Gasteiger partial charge in [-0.15, -0.1) is 0 Å². The van der Waals surface area contributed by atoms with E-state index in [0.717, 1.165) is 12.8 Å². The zero-order valence-corrected chi connectivity index (χ0v) is 9.26. The van der Waals surface area contributed by atoms with E-state index in [1.165, 1.54) is 0 Å². The van der Waals surface area contributed by atoms with Gasteiger partial charge in [-0.1, -0.05) is 27.2 Å². The summed E-state index contributed by atoms with van der Waals surface area (Å²) >= 11 is 0. The molecule has 0 aliphatic heterocycles. The van der Waals surface area contributed by atoms with Gasteiger partial charge in [0.2, 0.25) is 0 Å². The summed E-state index contributed by atoms with van der Waals surface area (Å²) in [6.45, 7) is 5.54. The minimum absolute atomic E-state index is 0.117. The second kappa shape index (κ2) is 6.13. The van der Waals surface area contributed by atoms with Crippen LogP contribution in [0, 0.1) is 5.92 Å². The van der Waals surface area contributed by atoms with Gasteiger partial charge in [0, 0.05) is 21.8 Å². The highest BCUT2D eigenvalue weighted by Gasteiger charge is 2.18. The van der Waals surface area contributed by atoms with Gasteiger partial charge in [-0.25, -0.2) is 0 Å². The van der Waals surface area contributed by atoms with E-state index in [2.05, 4.69) is 0 Å². The number of carboxylic acid groups (broad SMARTS) is 1. The fraction of sp³-hybridized carbons (Fsp3) is 0.889. The topological polar surface area (TPSA) is 54.4 Å². The molecule has 0 heterocycles. The Morgan fingerprint density at radius 3 is 2.38 bits per heavy atom. The van der Waals surface area contributed by atoms with E-state index < -0.39 is 22.7 Å². The smallest absolute Gasteiger partial charge is 0.307 e. The van der Waals surface area contributed by atoms with Gasteiger partial charge in [0.25, 0.3) is 0 Å². The van der Waals surface area contributed by atoms with Crippen molar-refractivity contribution in [2.45, 2.75) is 38.9 Å². The minimum Gasteiger partial charge on any atom is -0.481 e. The van der Waals surface area contributed by atoms with Crippen molar-refractivity contribution in [1.29, 1.82) is 0 Å². The summed E-state index contributed by atoms with van der Waals surface area (Å²) < 4.78 is 11.5. The molecule has 0 spiro atoms. The molecular weight excluding hydrogens is 188 g/mol. The number of carboxylic acids is 1. The van der Waals surface area contributed by atoms with Gasteiger partial charge in [0.05, 0.1) is 5.92 Å². The van der Waals surface area contributed by atoms with Crippen LogP contribution in [0.4, 0.5) is 0 Å². The van der Waals surface area contributed by atoms with E-state index >= 15 is 0 Å². The van der Waals surface area contributed by atoms with Crippen LogP contribution in [0.3, 0.4) is 0 Å². The molecule has 1 N–H and O–H groups in total. The fourth-order valence-electron chi connectivity index (χ4n) is 1.02. The van der Waals surface area contributed by atoms with Crippen LogP contribution in [0.1, 0.15) is 33.6 Å². The van der Waals surface area contributed by atoms with Gasteiger partial charge in [0.15, 0.2) is 0 Å². The van der Waals surface area contributed by atoms with Crippen LogP contribution in [0.15, 0.2) is 0 Å². The van der Waals surface area contributed by atoms with Crippen molar-refractivity contribution in [2.24, 2.45) is 5.92 Å². The zero-order valence-electron chi connectivity index (χ0n) is 8.45. The van der Waals surface area contributed by atoms with Crippen molar-refractivity contribution < 1.29 is 14.1 Å². The van der Waals surface area contributed by atoms with Crippen molar-refractivity contribution in [1.82, 2.24) is 0 Å². The Morgan fingerprint density at radius 1 is 1.46 bits per heavy atom. The molecular formula is C9H18O3S. The van der Waals surface area contributed by atoms with Crippen LogP contribution in [0.25, 0.3) is 0 Å². The summed E-state index contributed by atoms with van der Waals surface area (Å²) in [5.41, 5.74) is 0. The molecule has 0 aliphatic carbocycles. The Morgan fingerprint density at radius 2 is 2.00 bits per heavy atom. The molecule has 3 unspecified atom stereocenters. The summed E-state index contributed by atoms with van der Waals surface area (Å²) in [4.78, 5) is 10.5. The highest BCUT2D eigenvalue weighted by Crippen LogP contribution is 2.08. The number of aliphatic carboxylic acids is 1. The first-order chi connectivity index (χ1) is 5.99. The fourth-order valence-corrected chi connectivity index (χ4v) is 2.48. The molecule has 0 saturated heterocycles. The number of carbonyl (C=O) groups is 1. The van der Waals surface area contributed by atoms with Gasteiger partial charge >= 0.3 is 5.97 Å². The molecule has 0 aromatic heterocycles. The maximum absolute atomic E-state index is 11.5. The van der Waals surface area contributed by atoms with Crippen LogP contribution in [0.2, 0.25) is 0 Å². The molecule has 0 rings (SSSR count). The minimum atomic E-state index is -0.996. The van der Waals surface area contributed by atoms with Gasteiger partial charge < -0.3 is 5.11 Å². The molecule has 0 radical (unpaired) electrons. The van der Waals surface area contributed by atoms with Crippen molar-refractivity contribution in [2.75, 3.05) is 5.75 Å². The second-order valence-electron chi connectivity index (χ2n) is 3.39. The Balaban J connectivity index is 3.92. The molecule has 0 saturated carbocycles. The largest absolute Gasteiger partial charge is 0.481 e. The average Bonchev–Trinajstić information content (AvgIpc) is 2.04. The highest BCUT2D eigenvalue weighted by atomic mass is 32.2. The van der Waals surface area contributed by atoms with Crippen LogP contribution in [0.5, 0.6) is 0 Å². The lowest BCUT2D eigenvalue weighted by Crippen LogP contribution is -2.22. The maximum Gasteiger partial charge on any atom is 0.307 e. The number of rotatable bonds is 6. The molecule has 0 aromatic rings. The van der Waals surface area contributed by atoms with Gasteiger partial charge in [-0.05, 0) is 6.42 Å². The lowest BCUT2D eigenvalue weighted by Gasteiger charge is -2.11. The van der Waals surface area contributed by atoms with Gasteiger partial charge in [-0.2, -0.15) is 0 Å². The quantitative estimate of drug-likeness (QED) is 0.719. The summed E-state index contributed by atoms with van der Waals surface area (Å²) in [6.07, 6.45) is 1.90. The molecule has 0 amide bonds. The average molecular weight is 206 g/mol. The zero-order chi connectivity index (χ0) is 10.4. The van der Waals surface area contributed by atoms with Gasteiger partial charge in [-0.3, -0.25) is 9.00 Å². The van der Waals surface area contributed by atoms with E-state index in [9.17, 15) is 9.00 Å². The van der Waals surface area contributed by atoms with E-state index in [4.69, 9.17) is 5.11 Å². The Hall–Kier alpha value is -0.380. The Bertz CT molecular complexity index is 191. The van der Waals surface area contributed by atoms with E-state index in [1.807, 2.05) is 13.8 Å². The lowest BCUT2D eigenvalue weighted by atomic mass is 10.2. The lowest BCUT2D eigenvalue weighted by molar-refractivity contribution is -0.140. The normalized spacial score (nSPS) is 17.8. The van der Waals surface area contributed by atoms with Crippen molar-refractivity contribution in [3.8, 4) is 0 Å². The third-order valence-electron chi connectivity index (χ3n) is 1.98. The molecule has 0 bridgehead atoms. The van der Waals surface area contributed by atoms with E-state index in [-0.39, 0.29) is 11.0 Å². The molecule has 0 fully saturated rings. The second-order valence-corrected chi connectivity index (χ2v) is 5.29. The van der Waals surface area contributed by atoms with Crippen molar-refractivity contribution in [3.05, 3.63) is 0 Å². The SMILES string of the molecule is CCCC(C)S(=O)CC(C)C(=O)O. The standard InChI is InChI=1S/C9H18O3S/c1-4-5-8(3)13(12)6-7(2)9(10)11/h7-8H,4-6H2,1-3H3,(H,10,11). The summed E-state index contributed by atoms with van der Waals surface area (Å²) in [5.74, 6) is -1.09. The number of hydrogen-bond donors (Lipinski definition) is 1. The van der Waals surface area contributed by atoms with Crippen molar-refractivity contribution >= 4 is 16.8 Å². The first kappa shape index (κ1) is 12.6. The van der Waals surface area contributed by atoms with Crippen molar-refractivity contribution in [3.63, 3.8) is 0 Å². The van der Waals surface area contributed by atoms with Gasteiger partial charge in [0.1, 0.15) is 0 Å². The van der Waals surface area contributed by atoms with Crippen LogP contribution < -0.4 is 0 Å². The first-order valence-corrected chi connectivity index (χ1v) is 5.97. The van der Waals surface area contributed by atoms with Crippen LogP contribution in [-0.2, 0) is 15.6 Å². The summed E-state index contributed by atoms with van der Waals surface area (Å²) in [5, 5.41) is 8.73. The Kier molecular flexibility index (Phi) is 5.95. The van der Waals surface area contributed by atoms with E-state index in [1.54, 1.807) is 6.92 Å². The van der Waals surface area contributed by atoms with Crippen LogP contribution in [-0.4, -0.2) is 26.3 Å². The highest BCUT2D eigenvalue weighted by molar-refractivity contribution is 7.85. The molecule has 13 heavy (non-hydrogen) atoms. The molecule has 3 atom stereocenters. The van der Waals surface area contributed by atoms with Crippen LogP contribution >= 0.6 is 0 Å². The third-order valence-corrected chi connectivity index (χ3v) is 3.94. The monoisotopic (exact) mass is 206 g/mol. The first-order valence-electron chi connectivity index (χ1n) is 4.59. The maximum atomic E-state index is 11.5. The molecule has 78 valence electrons. The predicted molar refractivity (Wildman–Crippen MR) is 54.2 cm³/mol. The predicted octanol–water partition coefficient (Wildman–Crippen LogP) is 1.64. The Labute approximate surface area is 82.0 Å². The molecule has 4 heteroatoms. The third kappa shape index (κ3) is 5.03. The molecule has 0 aliphatic rings. The summed E-state index contributed by atoms with van der Waals surface area (Å²) in [6, 6.07) is 0. The molecule has 3 nitrogen and oxygen atoms in total.